The van der Waals surface area contributed by atoms with E-state index in [-0.39, 0.29) is 5.56 Å². The predicted molar refractivity (Wildman–Crippen MR) is 99.9 cm³/mol. The Morgan fingerprint density at radius 2 is 1.90 bits per heavy atom. The highest BCUT2D eigenvalue weighted by atomic mass is 32.2. The van der Waals surface area contributed by atoms with E-state index in [1.807, 2.05) is 0 Å². The number of nitrogens with one attached hydrogen (secondary N) is 1. The molecule has 2 fully saturated rings. The van der Waals surface area contributed by atoms with Crippen LogP contribution < -0.4 is 11.1 Å². The highest BCUT2D eigenvalue weighted by Gasteiger charge is 2.76. The number of β-lactam (4-membered cyclic amide) rings is 1. The summed E-state index contributed by atoms with van der Waals surface area (Å²) in [5.41, 5.74) is 4.10. The molecule has 2 amide bonds. The summed E-state index contributed by atoms with van der Waals surface area (Å²) in [5.74, 6) is -4.47. The molecular formula is C18H20FN3O6S. The summed E-state index contributed by atoms with van der Waals surface area (Å²) in [5, 5.41) is 10.9. The molecule has 4 atom stereocenters. The lowest BCUT2D eigenvalue weighted by Crippen LogP contribution is -2.83. The number of thioether (sulfide) groups is 1. The number of aliphatic carboxylic acids is 1. The summed E-state index contributed by atoms with van der Waals surface area (Å²) < 4.78 is 16.9. The van der Waals surface area contributed by atoms with Gasteiger partial charge in [0.1, 0.15) is 23.3 Å². The standard InChI is InChI=1S/C18H20FN3O6S/c1-17(2)11(13(24)25)22-14(26)18(15(22)29-17,16(27)28-3)21-12(23)10(20)8-4-6-9(19)7-5-8/h4-7,10-11,15H,20H2,1-3H3,(H,21,23)(H,24,25)/t10?,11-,15+,18?/m0/s1. The molecule has 2 aliphatic rings. The van der Waals surface area contributed by atoms with Crippen LogP contribution in [0.5, 0.6) is 0 Å². The van der Waals surface area contributed by atoms with Gasteiger partial charge in [0, 0.05) is 4.75 Å². The van der Waals surface area contributed by atoms with Crippen LogP contribution >= 0.6 is 11.8 Å². The topological polar surface area (TPSA) is 139 Å². The zero-order valence-corrected chi connectivity index (χ0v) is 16.7. The molecule has 3 rings (SSSR count). The van der Waals surface area contributed by atoms with Crippen molar-refractivity contribution in [3.63, 3.8) is 0 Å². The van der Waals surface area contributed by atoms with Crippen LogP contribution in [-0.2, 0) is 23.9 Å². The molecule has 0 spiro atoms. The number of carbonyl (C=O) groups excluding carboxylic acids is 3. The number of halogens is 1. The Hall–Kier alpha value is -2.66. The highest BCUT2D eigenvalue weighted by Crippen LogP contribution is 2.55. The number of rotatable bonds is 5. The lowest BCUT2D eigenvalue weighted by molar-refractivity contribution is -0.180. The van der Waals surface area contributed by atoms with E-state index in [0.717, 1.165) is 35.9 Å². The van der Waals surface area contributed by atoms with E-state index >= 15 is 0 Å². The first-order chi connectivity index (χ1) is 13.5. The molecule has 2 unspecified atom stereocenters. The number of fused-ring (bicyclic) bond motifs is 1. The van der Waals surface area contributed by atoms with Crippen LogP contribution in [0.2, 0.25) is 0 Å². The third kappa shape index (κ3) is 3.04. The van der Waals surface area contributed by atoms with E-state index in [0.29, 0.717) is 0 Å². The van der Waals surface area contributed by atoms with Gasteiger partial charge in [0.2, 0.25) is 11.4 Å². The Balaban J connectivity index is 1.92. The van der Waals surface area contributed by atoms with Gasteiger partial charge in [0.15, 0.2) is 0 Å². The Morgan fingerprint density at radius 1 is 1.31 bits per heavy atom. The van der Waals surface area contributed by atoms with Crippen molar-refractivity contribution in [2.45, 2.75) is 41.6 Å². The Kier molecular flexibility index (Phi) is 5.08. The molecule has 0 radical (unpaired) electrons. The normalized spacial score (nSPS) is 28.2. The summed E-state index contributed by atoms with van der Waals surface area (Å²) in [6.07, 6.45) is 0. The van der Waals surface area contributed by atoms with Gasteiger partial charge in [-0.3, -0.25) is 9.59 Å². The molecule has 156 valence electrons. The van der Waals surface area contributed by atoms with Gasteiger partial charge < -0.3 is 25.8 Å². The maximum atomic E-state index is 13.1. The fraction of sp³-hybridized carbons (Fsp3) is 0.444. The van der Waals surface area contributed by atoms with Crippen LogP contribution in [0, 0.1) is 5.82 Å². The molecule has 29 heavy (non-hydrogen) atoms. The van der Waals surface area contributed by atoms with Crippen molar-refractivity contribution in [2.75, 3.05) is 7.11 Å². The molecule has 4 N–H and O–H groups in total. The summed E-state index contributed by atoms with van der Waals surface area (Å²) in [6.45, 7) is 3.27. The number of hydrogen-bond acceptors (Lipinski definition) is 7. The molecule has 2 saturated heterocycles. The van der Waals surface area contributed by atoms with Crippen LogP contribution in [0.1, 0.15) is 25.5 Å². The van der Waals surface area contributed by atoms with Crippen molar-refractivity contribution in [2.24, 2.45) is 5.73 Å². The molecule has 1 aromatic rings. The lowest BCUT2D eigenvalue weighted by atomic mass is 9.84. The van der Waals surface area contributed by atoms with Crippen molar-refractivity contribution >= 4 is 35.5 Å². The number of ether oxygens (including phenoxy) is 1. The van der Waals surface area contributed by atoms with Gasteiger partial charge >= 0.3 is 11.9 Å². The van der Waals surface area contributed by atoms with Crippen LogP contribution in [0.4, 0.5) is 4.39 Å². The Bertz CT molecular complexity index is 892. The molecule has 0 aliphatic carbocycles. The number of carboxylic acids is 1. The summed E-state index contributed by atoms with van der Waals surface area (Å²) in [7, 11) is 1.06. The van der Waals surface area contributed by atoms with E-state index in [4.69, 9.17) is 10.5 Å². The largest absolute Gasteiger partial charge is 0.480 e. The zero-order valence-electron chi connectivity index (χ0n) is 15.8. The quantitative estimate of drug-likeness (QED) is 0.340. The lowest BCUT2D eigenvalue weighted by Gasteiger charge is -2.50. The van der Waals surface area contributed by atoms with Gasteiger partial charge in [-0.1, -0.05) is 12.1 Å². The smallest absolute Gasteiger partial charge is 0.344 e. The third-order valence-electron chi connectivity index (χ3n) is 5.12. The van der Waals surface area contributed by atoms with E-state index in [1.54, 1.807) is 13.8 Å². The SMILES string of the molecule is COC(=O)C1(NC(=O)C(N)c2ccc(F)cc2)C(=O)N2[C@@H](C(=O)O)C(C)(C)S[C@@H]21. The van der Waals surface area contributed by atoms with Crippen molar-refractivity contribution < 1.29 is 33.4 Å². The number of nitrogens with two attached hydrogens (primary N) is 1. The Labute approximate surface area is 169 Å². The molecule has 0 aromatic heterocycles. The summed E-state index contributed by atoms with van der Waals surface area (Å²) >= 11 is 1.08. The zero-order chi connectivity index (χ0) is 21.7. The molecular weight excluding hydrogens is 405 g/mol. The minimum absolute atomic E-state index is 0.273. The van der Waals surface area contributed by atoms with E-state index in [1.165, 1.54) is 12.1 Å². The average molecular weight is 425 g/mol. The number of carbonyl (C=O) groups is 4. The first-order valence-corrected chi connectivity index (χ1v) is 9.50. The molecule has 9 nitrogen and oxygen atoms in total. The van der Waals surface area contributed by atoms with Crippen molar-refractivity contribution in [1.82, 2.24) is 10.2 Å². The Morgan fingerprint density at radius 3 is 2.41 bits per heavy atom. The van der Waals surface area contributed by atoms with Gasteiger partial charge in [-0.25, -0.2) is 14.0 Å². The molecule has 0 bridgehead atoms. The van der Waals surface area contributed by atoms with Crippen molar-refractivity contribution in [1.29, 1.82) is 0 Å². The number of methoxy groups -OCH3 is 1. The fourth-order valence-corrected chi connectivity index (χ4v) is 5.35. The minimum Gasteiger partial charge on any atom is -0.480 e. The molecule has 11 heteroatoms. The van der Waals surface area contributed by atoms with Crippen molar-refractivity contribution in [3.8, 4) is 0 Å². The van der Waals surface area contributed by atoms with E-state index < -0.39 is 57.3 Å². The molecule has 0 saturated carbocycles. The maximum absolute atomic E-state index is 13.1. The fourth-order valence-electron chi connectivity index (χ4n) is 3.67. The van der Waals surface area contributed by atoms with Crippen LogP contribution in [-0.4, -0.2) is 62.6 Å². The van der Waals surface area contributed by atoms with Crippen molar-refractivity contribution in [3.05, 3.63) is 35.6 Å². The van der Waals surface area contributed by atoms with E-state index in [9.17, 15) is 28.7 Å². The number of carboxylic acid groups (broad SMARTS) is 1. The minimum atomic E-state index is -2.09. The first kappa shape index (κ1) is 21.1. The second-order valence-electron chi connectivity index (χ2n) is 7.34. The van der Waals surface area contributed by atoms with Crippen LogP contribution in [0.15, 0.2) is 24.3 Å². The van der Waals surface area contributed by atoms with Gasteiger partial charge in [0.05, 0.1) is 7.11 Å². The first-order valence-electron chi connectivity index (χ1n) is 8.62. The van der Waals surface area contributed by atoms with Gasteiger partial charge in [0.25, 0.3) is 5.91 Å². The van der Waals surface area contributed by atoms with Gasteiger partial charge in [-0.05, 0) is 31.5 Å². The number of esters is 1. The number of benzene rings is 1. The number of nitrogens with zero attached hydrogens (tertiary/aromatic N) is 1. The summed E-state index contributed by atoms with van der Waals surface area (Å²) in [6, 6.07) is 2.42. The van der Waals surface area contributed by atoms with Gasteiger partial charge in [-0.2, -0.15) is 0 Å². The molecule has 2 heterocycles. The van der Waals surface area contributed by atoms with E-state index in [2.05, 4.69) is 5.32 Å². The maximum Gasteiger partial charge on any atom is 0.344 e. The second-order valence-corrected chi connectivity index (χ2v) is 9.08. The molecule has 1 aromatic carbocycles. The van der Waals surface area contributed by atoms with Crippen LogP contribution in [0.25, 0.3) is 0 Å². The monoisotopic (exact) mass is 425 g/mol. The third-order valence-corrected chi connectivity index (χ3v) is 6.75. The second kappa shape index (κ2) is 6.99. The van der Waals surface area contributed by atoms with Gasteiger partial charge in [-0.15, -0.1) is 11.8 Å². The average Bonchev–Trinajstić information content (AvgIpc) is 2.94. The number of amides is 2. The highest BCUT2D eigenvalue weighted by molar-refractivity contribution is 8.01. The van der Waals surface area contributed by atoms with Crippen LogP contribution in [0.3, 0.4) is 0 Å². The molecule has 2 aliphatic heterocycles. The predicted octanol–water partition coefficient (Wildman–Crippen LogP) is 0.000400. The summed E-state index contributed by atoms with van der Waals surface area (Å²) in [4.78, 5) is 51.0. The number of hydrogen-bond donors (Lipinski definition) is 3.